The lowest BCUT2D eigenvalue weighted by molar-refractivity contribution is -0.101. The Kier molecular flexibility index (Phi) is 2.76. The van der Waals surface area contributed by atoms with Crippen LogP contribution in [0.4, 0.5) is 0 Å². The van der Waals surface area contributed by atoms with E-state index in [4.69, 9.17) is 19.7 Å². The Morgan fingerprint density at radius 3 is 2.93 bits per heavy atom. The topological polar surface area (TPSA) is 83.4 Å². The number of hydrogen-bond donors (Lipinski definition) is 1. The molecular weight excluding hydrogens is 186 g/mol. The van der Waals surface area contributed by atoms with Gasteiger partial charge in [0, 0.05) is 0 Å². The maximum Gasteiger partial charge on any atom is 0.258 e. The van der Waals surface area contributed by atoms with Gasteiger partial charge >= 0.3 is 0 Å². The van der Waals surface area contributed by atoms with Crippen molar-refractivity contribution in [2.75, 3.05) is 19.8 Å². The van der Waals surface area contributed by atoms with Gasteiger partial charge in [0.15, 0.2) is 11.9 Å². The lowest BCUT2D eigenvalue weighted by atomic mass is 10.3. The molecule has 2 N–H and O–H groups in total. The molecule has 1 saturated heterocycles. The van der Waals surface area contributed by atoms with E-state index < -0.39 is 0 Å². The van der Waals surface area contributed by atoms with Gasteiger partial charge in [0.2, 0.25) is 0 Å². The van der Waals surface area contributed by atoms with Crippen LogP contribution >= 0.6 is 0 Å². The van der Waals surface area contributed by atoms with Crippen LogP contribution in [0.25, 0.3) is 0 Å². The Balaban J connectivity index is 2.07. The molecule has 0 spiro atoms. The molecule has 14 heavy (non-hydrogen) atoms. The van der Waals surface area contributed by atoms with Crippen molar-refractivity contribution in [3.8, 4) is 0 Å². The van der Waals surface area contributed by atoms with Crippen molar-refractivity contribution in [1.82, 2.24) is 10.1 Å². The van der Waals surface area contributed by atoms with E-state index in [1.165, 1.54) is 0 Å². The smallest absolute Gasteiger partial charge is 0.258 e. The monoisotopic (exact) mass is 199 g/mol. The highest BCUT2D eigenvalue weighted by molar-refractivity contribution is 4.94. The lowest BCUT2D eigenvalue weighted by Gasteiger charge is -2.19. The summed E-state index contributed by atoms with van der Waals surface area (Å²) in [4.78, 5) is 4.13. The summed E-state index contributed by atoms with van der Waals surface area (Å²) in [5, 5.41) is 3.74. The predicted molar refractivity (Wildman–Crippen MR) is 46.4 cm³/mol. The van der Waals surface area contributed by atoms with Gasteiger partial charge in [-0.1, -0.05) is 5.16 Å². The van der Waals surface area contributed by atoms with Crippen LogP contribution < -0.4 is 5.73 Å². The Hall–Kier alpha value is -0.980. The molecule has 6 heteroatoms. The van der Waals surface area contributed by atoms with Crippen LogP contribution in [0.3, 0.4) is 0 Å². The molecule has 0 aromatic carbocycles. The molecule has 2 unspecified atom stereocenters. The van der Waals surface area contributed by atoms with Gasteiger partial charge < -0.3 is 19.7 Å². The fraction of sp³-hybridized carbons (Fsp3) is 0.750. The second-order valence-corrected chi connectivity index (χ2v) is 3.21. The van der Waals surface area contributed by atoms with Crippen LogP contribution in [0.5, 0.6) is 0 Å². The Bertz CT molecular complexity index is 294. The molecule has 0 aliphatic carbocycles. The molecule has 0 amide bonds. The zero-order chi connectivity index (χ0) is 9.97. The third kappa shape index (κ3) is 1.92. The van der Waals surface area contributed by atoms with Crippen LogP contribution in [0.2, 0.25) is 0 Å². The fourth-order valence-electron chi connectivity index (χ4n) is 1.19. The molecule has 0 bridgehead atoms. The first-order chi connectivity index (χ1) is 6.77. The summed E-state index contributed by atoms with van der Waals surface area (Å²) >= 11 is 0. The number of hydrogen-bond acceptors (Lipinski definition) is 6. The summed E-state index contributed by atoms with van der Waals surface area (Å²) in [6.07, 6.45) is -0.247. The van der Waals surface area contributed by atoms with Gasteiger partial charge in [-0.25, -0.2) is 0 Å². The minimum atomic E-state index is -0.247. The summed E-state index contributed by atoms with van der Waals surface area (Å²) in [5.74, 6) is 0.936. The van der Waals surface area contributed by atoms with Gasteiger partial charge in [-0.15, -0.1) is 0 Å². The van der Waals surface area contributed by atoms with Crippen LogP contribution in [-0.4, -0.2) is 30.0 Å². The number of ether oxygens (including phenoxy) is 2. The Morgan fingerprint density at radius 2 is 2.36 bits per heavy atom. The third-order valence-electron chi connectivity index (χ3n) is 1.96. The summed E-state index contributed by atoms with van der Waals surface area (Å²) in [6, 6.07) is -0.225. The molecule has 2 heterocycles. The molecule has 2 atom stereocenters. The fourth-order valence-corrected chi connectivity index (χ4v) is 1.19. The van der Waals surface area contributed by atoms with E-state index >= 15 is 0 Å². The van der Waals surface area contributed by atoms with E-state index in [9.17, 15) is 0 Å². The van der Waals surface area contributed by atoms with Crippen molar-refractivity contribution in [2.24, 2.45) is 5.73 Å². The molecule has 1 aromatic rings. The van der Waals surface area contributed by atoms with Gasteiger partial charge in [0.05, 0.1) is 25.9 Å². The number of rotatable bonds is 2. The summed E-state index contributed by atoms with van der Waals surface area (Å²) < 4.78 is 15.6. The number of aromatic nitrogens is 2. The molecule has 0 radical (unpaired) electrons. The van der Waals surface area contributed by atoms with Crippen molar-refractivity contribution < 1.29 is 14.0 Å². The Labute approximate surface area is 81.4 Å². The second-order valence-electron chi connectivity index (χ2n) is 3.21. The van der Waals surface area contributed by atoms with Crippen LogP contribution in [0.15, 0.2) is 4.52 Å². The van der Waals surface area contributed by atoms with E-state index in [1.807, 2.05) is 0 Å². The van der Waals surface area contributed by atoms with E-state index in [2.05, 4.69) is 10.1 Å². The average molecular weight is 199 g/mol. The van der Waals surface area contributed by atoms with Gasteiger partial charge in [-0.2, -0.15) is 4.98 Å². The first kappa shape index (κ1) is 9.57. The molecule has 1 fully saturated rings. The van der Waals surface area contributed by atoms with Gasteiger partial charge in [0.1, 0.15) is 0 Å². The molecule has 1 aliphatic rings. The SMILES string of the molecule is CC(N)c1noc(C2COCCO2)n1. The minimum Gasteiger partial charge on any atom is -0.376 e. The predicted octanol–water partition coefficient (Wildman–Crippen LogP) is 0.177. The van der Waals surface area contributed by atoms with Gasteiger partial charge in [0.25, 0.3) is 5.89 Å². The molecule has 78 valence electrons. The number of nitrogens with zero attached hydrogens (tertiary/aromatic N) is 2. The van der Waals surface area contributed by atoms with Crippen LogP contribution in [0, 0.1) is 0 Å². The summed E-state index contributed by atoms with van der Waals surface area (Å²) in [6.45, 7) is 3.43. The van der Waals surface area contributed by atoms with Crippen LogP contribution in [0.1, 0.15) is 30.8 Å². The van der Waals surface area contributed by atoms with Crippen molar-refractivity contribution in [3.05, 3.63) is 11.7 Å². The van der Waals surface area contributed by atoms with Crippen LogP contribution in [-0.2, 0) is 9.47 Å². The molecule has 1 aromatic heterocycles. The number of nitrogens with two attached hydrogens (primary N) is 1. The highest BCUT2D eigenvalue weighted by Gasteiger charge is 2.23. The largest absolute Gasteiger partial charge is 0.376 e. The third-order valence-corrected chi connectivity index (χ3v) is 1.96. The average Bonchev–Trinajstić information content (AvgIpc) is 2.68. The summed E-state index contributed by atoms with van der Waals surface area (Å²) in [5.41, 5.74) is 5.60. The zero-order valence-electron chi connectivity index (χ0n) is 7.97. The molecular formula is C8H13N3O3. The summed E-state index contributed by atoms with van der Waals surface area (Å²) in [7, 11) is 0. The van der Waals surface area contributed by atoms with Crippen molar-refractivity contribution in [2.45, 2.75) is 19.1 Å². The van der Waals surface area contributed by atoms with E-state index in [0.29, 0.717) is 31.5 Å². The Morgan fingerprint density at radius 1 is 1.50 bits per heavy atom. The van der Waals surface area contributed by atoms with Gasteiger partial charge in [-0.05, 0) is 6.92 Å². The highest BCUT2D eigenvalue weighted by atomic mass is 16.6. The molecule has 6 nitrogen and oxygen atoms in total. The molecule has 0 saturated carbocycles. The van der Waals surface area contributed by atoms with Gasteiger partial charge in [-0.3, -0.25) is 0 Å². The first-order valence-electron chi connectivity index (χ1n) is 4.56. The van der Waals surface area contributed by atoms with E-state index in [1.54, 1.807) is 6.92 Å². The second kappa shape index (κ2) is 4.04. The van der Waals surface area contributed by atoms with Crippen molar-refractivity contribution in [1.29, 1.82) is 0 Å². The quantitative estimate of drug-likeness (QED) is 0.731. The van der Waals surface area contributed by atoms with Crippen molar-refractivity contribution >= 4 is 0 Å². The lowest BCUT2D eigenvalue weighted by Crippen LogP contribution is -2.22. The maximum absolute atomic E-state index is 5.60. The minimum absolute atomic E-state index is 0.225. The normalized spacial score (nSPS) is 24.9. The van der Waals surface area contributed by atoms with Crippen molar-refractivity contribution in [3.63, 3.8) is 0 Å². The first-order valence-corrected chi connectivity index (χ1v) is 4.56. The van der Waals surface area contributed by atoms with E-state index in [-0.39, 0.29) is 12.1 Å². The molecule has 1 aliphatic heterocycles. The van der Waals surface area contributed by atoms with E-state index in [0.717, 1.165) is 0 Å². The zero-order valence-corrected chi connectivity index (χ0v) is 7.97. The molecule has 2 rings (SSSR count). The maximum atomic E-state index is 5.60. The highest BCUT2D eigenvalue weighted by Crippen LogP contribution is 2.19. The standard InChI is InChI=1S/C8H13N3O3/c1-5(9)7-10-8(14-11-7)6-4-12-2-3-13-6/h5-6H,2-4,9H2,1H3.